The lowest BCUT2D eigenvalue weighted by atomic mass is 10.2. The number of hydrogen-bond acceptors (Lipinski definition) is 8. The van der Waals surface area contributed by atoms with E-state index in [1.807, 2.05) is 6.92 Å². The molecule has 5 N–H and O–H groups in total. The molecule has 0 aliphatic carbocycles. The number of aliphatic hydroxyl groups excluding tert-OH is 3. The minimum absolute atomic E-state index is 0.266. The van der Waals surface area contributed by atoms with E-state index in [1.165, 1.54) is 12.7 Å². The SMILES string of the molecule is CC[C@H](O[C@@H](CO)[C@H](O)CO)n1cnc2c(N)ncnc21. The molecule has 0 unspecified atom stereocenters. The number of imidazole rings is 1. The second kappa shape index (κ2) is 6.76. The molecule has 0 aliphatic rings. The van der Waals surface area contributed by atoms with Gasteiger partial charge >= 0.3 is 0 Å². The molecule has 2 heterocycles. The topological polar surface area (TPSA) is 140 Å². The number of nitrogens with zero attached hydrogens (tertiary/aromatic N) is 4. The molecule has 2 aromatic rings. The molecular weight excluding hydrogens is 278 g/mol. The Morgan fingerprint density at radius 1 is 1.29 bits per heavy atom. The van der Waals surface area contributed by atoms with Crippen molar-refractivity contribution in [2.75, 3.05) is 18.9 Å². The molecule has 0 spiro atoms. The van der Waals surface area contributed by atoms with E-state index in [2.05, 4.69) is 15.0 Å². The lowest BCUT2D eigenvalue weighted by Crippen LogP contribution is -2.37. The monoisotopic (exact) mass is 297 g/mol. The Balaban J connectivity index is 2.29. The van der Waals surface area contributed by atoms with Crippen LogP contribution in [-0.2, 0) is 4.74 Å². The highest BCUT2D eigenvalue weighted by Gasteiger charge is 2.24. The quantitative estimate of drug-likeness (QED) is 0.513. The molecule has 21 heavy (non-hydrogen) atoms. The van der Waals surface area contributed by atoms with E-state index in [1.54, 1.807) is 4.57 Å². The molecule has 9 heteroatoms. The third kappa shape index (κ3) is 3.10. The molecule has 2 aromatic heterocycles. The van der Waals surface area contributed by atoms with Crippen LogP contribution in [0.1, 0.15) is 19.6 Å². The maximum Gasteiger partial charge on any atom is 0.167 e. The van der Waals surface area contributed by atoms with Crippen molar-refractivity contribution < 1.29 is 20.1 Å². The van der Waals surface area contributed by atoms with Gasteiger partial charge in [0.1, 0.15) is 30.3 Å². The van der Waals surface area contributed by atoms with Gasteiger partial charge < -0.3 is 25.8 Å². The fourth-order valence-corrected chi connectivity index (χ4v) is 2.01. The van der Waals surface area contributed by atoms with Crippen LogP contribution in [0.25, 0.3) is 11.2 Å². The van der Waals surface area contributed by atoms with Crippen LogP contribution < -0.4 is 5.73 Å². The molecule has 0 amide bonds. The van der Waals surface area contributed by atoms with Gasteiger partial charge in [0.05, 0.1) is 19.5 Å². The third-order valence-corrected chi connectivity index (χ3v) is 3.17. The Labute approximate surface area is 121 Å². The molecule has 0 fully saturated rings. The molecule has 0 aromatic carbocycles. The molecule has 0 aliphatic heterocycles. The van der Waals surface area contributed by atoms with Crippen LogP contribution in [0.15, 0.2) is 12.7 Å². The second-order valence-electron chi connectivity index (χ2n) is 4.55. The first-order chi connectivity index (χ1) is 10.1. The van der Waals surface area contributed by atoms with E-state index in [0.29, 0.717) is 17.6 Å². The van der Waals surface area contributed by atoms with Crippen LogP contribution >= 0.6 is 0 Å². The van der Waals surface area contributed by atoms with Crippen LogP contribution in [0.5, 0.6) is 0 Å². The zero-order chi connectivity index (χ0) is 15.4. The maximum atomic E-state index is 9.61. The third-order valence-electron chi connectivity index (χ3n) is 3.17. The van der Waals surface area contributed by atoms with Crippen LogP contribution in [0.2, 0.25) is 0 Å². The Morgan fingerprint density at radius 3 is 2.67 bits per heavy atom. The highest BCUT2D eigenvalue weighted by atomic mass is 16.5. The number of hydrogen-bond donors (Lipinski definition) is 4. The molecule has 0 saturated heterocycles. The van der Waals surface area contributed by atoms with Gasteiger partial charge in [-0.05, 0) is 6.42 Å². The lowest BCUT2D eigenvalue weighted by molar-refractivity contribution is -0.132. The van der Waals surface area contributed by atoms with E-state index >= 15 is 0 Å². The van der Waals surface area contributed by atoms with Gasteiger partial charge in [0.15, 0.2) is 11.5 Å². The average Bonchev–Trinajstić information content (AvgIpc) is 2.93. The van der Waals surface area contributed by atoms with Crippen molar-refractivity contribution in [1.82, 2.24) is 19.5 Å². The Hall–Kier alpha value is -1.81. The smallest absolute Gasteiger partial charge is 0.167 e. The summed E-state index contributed by atoms with van der Waals surface area (Å²) in [7, 11) is 0. The molecule has 3 atom stereocenters. The van der Waals surface area contributed by atoms with Crippen LogP contribution in [0.3, 0.4) is 0 Å². The summed E-state index contributed by atoms with van der Waals surface area (Å²) in [5, 5.41) is 27.8. The molecule has 2 rings (SSSR count). The molecule has 116 valence electrons. The fourth-order valence-electron chi connectivity index (χ4n) is 2.01. The minimum Gasteiger partial charge on any atom is -0.394 e. The van der Waals surface area contributed by atoms with Crippen molar-refractivity contribution in [3.05, 3.63) is 12.7 Å². The van der Waals surface area contributed by atoms with Gasteiger partial charge in [-0.15, -0.1) is 0 Å². The number of aromatic nitrogens is 4. The molecule has 0 radical (unpaired) electrons. The maximum absolute atomic E-state index is 9.61. The Kier molecular flexibility index (Phi) is 5.02. The van der Waals surface area contributed by atoms with Gasteiger partial charge in [0.2, 0.25) is 0 Å². The number of nitrogens with two attached hydrogens (primary N) is 1. The number of ether oxygens (including phenoxy) is 1. The predicted octanol–water partition coefficient (Wildman–Crippen LogP) is -0.952. The van der Waals surface area contributed by atoms with Crippen LogP contribution in [0, 0.1) is 0 Å². The van der Waals surface area contributed by atoms with Crippen molar-refractivity contribution in [2.45, 2.75) is 31.8 Å². The summed E-state index contributed by atoms with van der Waals surface area (Å²) in [6.07, 6.45) is 0.806. The first kappa shape index (κ1) is 15.6. The van der Waals surface area contributed by atoms with E-state index in [-0.39, 0.29) is 5.82 Å². The fraction of sp³-hybridized carbons (Fsp3) is 0.583. The summed E-state index contributed by atoms with van der Waals surface area (Å²) in [6, 6.07) is 0. The summed E-state index contributed by atoms with van der Waals surface area (Å²) in [5.41, 5.74) is 6.69. The normalized spacial score (nSPS) is 16.0. The molecule has 0 bridgehead atoms. The standard InChI is InChI=1S/C12H19N5O4/c1-2-9(21-8(4-19)7(20)3-18)17-6-16-10-11(13)14-5-15-12(10)17/h5-9,18-20H,2-4H2,1H3,(H2,13,14,15)/t7-,8+,9+/m1/s1. The molecule has 0 saturated carbocycles. The van der Waals surface area contributed by atoms with E-state index in [0.717, 1.165) is 0 Å². The zero-order valence-electron chi connectivity index (χ0n) is 11.6. The van der Waals surface area contributed by atoms with Crippen molar-refractivity contribution >= 4 is 17.0 Å². The van der Waals surface area contributed by atoms with Gasteiger partial charge in [-0.1, -0.05) is 6.92 Å². The summed E-state index contributed by atoms with van der Waals surface area (Å²) in [4.78, 5) is 12.1. The zero-order valence-corrected chi connectivity index (χ0v) is 11.6. The summed E-state index contributed by atoms with van der Waals surface area (Å²) < 4.78 is 7.31. The van der Waals surface area contributed by atoms with Gasteiger partial charge in [-0.3, -0.25) is 4.57 Å². The summed E-state index contributed by atoms with van der Waals surface area (Å²) >= 11 is 0. The van der Waals surface area contributed by atoms with Crippen molar-refractivity contribution in [2.24, 2.45) is 0 Å². The summed E-state index contributed by atoms with van der Waals surface area (Å²) in [6.45, 7) is 0.963. The number of nitrogen functional groups attached to an aromatic ring is 1. The van der Waals surface area contributed by atoms with E-state index in [9.17, 15) is 10.2 Å². The van der Waals surface area contributed by atoms with Crippen LogP contribution in [-0.4, -0.2) is 60.3 Å². The van der Waals surface area contributed by atoms with Gasteiger partial charge in [0.25, 0.3) is 0 Å². The van der Waals surface area contributed by atoms with E-state index < -0.39 is 31.6 Å². The number of aliphatic hydroxyl groups is 3. The Bertz CT molecular complexity index is 590. The molecule has 9 nitrogen and oxygen atoms in total. The van der Waals surface area contributed by atoms with Gasteiger partial charge in [0, 0.05) is 0 Å². The second-order valence-corrected chi connectivity index (χ2v) is 4.55. The highest BCUT2D eigenvalue weighted by molar-refractivity contribution is 5.81. The van der Waals surface area contributed by atoms with Crippen molar-refractivity contribution in [3.63, 3.8) is 0 Å². The first-order valence-corrected chi connectivity index (χ1v) is 6.60. The number of fused-ring (bicyclic) bond motifs is 1. The highest BCUT2D eigenvalue weighted by Crippen LogP contribution is 2.23. The predicted molar refractivity (Wildman–Crippen MR) is 74.1 cm³/mol. The lowest BCUT2D eigenvalue weighted by Gasteiger charge is -2.26. The first-order valence-electron chi connectivity index (χ1n) is 6.60. The molecular formula is C12H19N5O4. The largest absolute Gasteiger partial charge is 0.394 e. The summed E-state index contributed by atoms with van der Waals surface area (Å²) in [5.74, 6) is 0.266. The minimum atomic E-state index is -1.17. The van der Waals surface area contributed by atoms with E-state index in [4.69, 9.17) is 15.6 Å². The Morgan fingerprint density at radius 2 is 2.05 bits per heavy atom. The number of anilines is 1. The average molecular weight is 297 g/mol. The number of rotatable bonds is 7. The van der Waals surface area contributed by atoms with Crippen molar-refractivity contribution in [1.29, 1.82) is 0 Å². The van der Waals surface area contributed by atoms with Gasteiger partial charge in [-0.2, -0.15) is 0 Å². The van der Waals surface area contributed by atoms with Gasteiger partial charge in [-0.25, -0.2) is 15.0 Å². The van der Waals surface area contributed by atoms with Crippen LogP contribution in [0.4, 0.5) is 5.82 Å². The van der Waals surface area contributed by atoms with Crippen molar-refractivity contribution in [3.8, 4) is 0 Å².